The number of amides is 1. The van der Waals surface area contributed by atoms with Crippen LogP contribution in [0.5, 0.6) is 0 Å². The second kappa shape index (κ2) is 11.1. The molecule has 1 aromatic carbocycles. The van der Waals surface area contributed by atoms with Crippen LogP contribution in [-0.4, -0.2) is 55.3 Å². The van der Waals surface area contributed by atoms with Crippen LogP contribution in [0.1, 0.15) is 12.0 Å². The van der Waals surface area contributed by atoms with Crippen LogP contribution < -0.4 is 5.32 Å². The summed E-state index contributed by atoms with van der Waals surface area (Å²) in [4.78, 5) is 16.6. The van der Waals surface area contributed by atoms with E-state index in [2.05, 4.69) is 30.7 Å². The molecule has 0 atom stereocenters. The third-order valence-electron chi connectivity index (χ3n) is 4.76. The molecule has 0 fully saturated rings. The number of methoxy groups -OCH3 is 1. The Morgan fingerprint density at radius 3 is 2.73 bits per heavy atom. The van der Waals surface area contributed by atoms with Crippen molar-refractivity contribution in [2.24, 2.45) is 0 Å². The Morgan fingerprint density at radius 1 is 1.12 bits per heavy atom. The lowest BCUT2D eigenvalue weighted by Crippen LogP contribution is -2.14. The van der Waals surface area contributed by atoms with Gasteiger partial charge in [-0.1, -0.05) is 47.4 Å². The number of hydrogen-bond acceptors (Lipinski definition) is 9. The van der Waals surface area contributed by atoms with Crippen LogP contribution in [0.25, 0.3) is 22.0 Å². The first-order valence-electron chi connectivity index (χ1n) is 10.3. The van der Waals surface area contributed by atoms with Crippen LogP contribution >= 0.6 is 23.1 Å². The second-order valence-electron chi connectivity index (χ2n) is 7.10. The van der Waals surface area contributed by atoms with Gasteiger partial charge in [0.05, 0.1) is 5.75 Å². The number of thioether (sulfide) groups is 1. The molecule has 0 radical (unpaired) electrons. The minimum Gasteiger partial charge on any atom is -0.385 e. The van der Waals surface area contributed by atoms with Gasteiger partial charge in [0.1, 0.15) is 5.01 Å². The molecule has 0 bridgehead atoms. The second-order valence-corrected chi connectivity index (χ2v) is 9.02. The van der Waals surface area contributed by atoms with Crippen LogP contribution in [0.2, 0.25) is 0 Å². The van der Waals surface area contributed by atoms with E-state index < -0.39 is 0 Å². The van der Waals surface area contributed by atoms with Crippen molar-refractivity contribution >= 4 is 34.1 Å². The molecule has 4 rings (SSSR count). The molecule has 170 valence electrons. The Morgan fingerprint density at radius 2 is 1.94 bits per heavy atom. The van der Waals surface area contributed by atoms with Gasteiger partial charge >= 0.3 is 0 Å². The van der Waals surface area contributed by atoms with E-state index in [1.807, 2.05) is 47.9 Å². The van der Waals surface area contributed by atoms with Gasteiger partial charge in [0, 0.05) is 43.8 Å². The summed E-state index contributed by atoms with van der Waals surface area (Å²) < 4.78 is 7.19. The van der Waals surface area contributed by atoms with Crippen molar-refractivity contribution in [1.82, 2.24) is 29.9 Å². The highest BCUT2D eigenvalue weighted by atomic mass is 32.2. The number of ether oxygens (including phenoxy) is 1. The van der Waals surface area contributed by atoms with Crippen molar-refractivity contribution < 1.29 is 9.53 Å². The minimum absolute atomic E-state index is 0.176. The molecule has 33 heavy (non-hydrogen) atoms. The predicted molar refractivity (Wildman–Crippen MR) is 129 cm³/mol. The maximum atomic E-state index is 12.6. The minimum atomic E-state index is -0.176. The van der Waals surface area contributed by atoms with Gasteiger partial charge in [-0.25, -0.2) is 0 Å². The first kappa shape index (κ1) is 23.0. The van der Waals surface area contributed by atoms with Crippen LogP contribution in [0, 0.1) is 6.92 Å². The fourth-order valence-electron chi connectivity index (χ4n) is 3.16. The molecule has 0 aliphatic rings. The van der Waals surface area contributed by atoms with E-state index in [4.69, 9.17) is 4.74 Å². The van der Waals surface area contributed by atoms with Gasteiger partial charge in [-0.05, 0) is 31.0 Å². The molecule has 1 N–H and O–H groups in total. The van der Waals surface area contributed by atoms with Crippen molar-refractivity contribution in [2.75, 3.05) is 24.8 Å². The van der Waals surface area contributed by atoms with Gasteiger partial charge in [-0.3, -0.25) is 15.1 Å². The molecular formula is C22H23N7O2S2. The molecule has 0 saturated heterocycles. The number of carbonyl (C=O) groups excluding carboxylic acids is 1. The Kier molecular flexibility index (Phi) is 7.76. The zero-order chi connectivity index (χ0) is 23.0. The summed E-state index contributed by atoms with van der Waals surface area (Å²) in [5.41, 5.74) is 3.04. The average Bonchev–Trinajstić information content (AvgIpc) is 3.46. The van der Waals surface area contributed by atoms with Gasteiger partial charge < -0.3 is 9.30 Å². The number of pyridine rings is 1. The Bertz CT molecular complexity index is 1210. The molecule has 9 nitrogen and oxygen atoms in total. The van der Waals surface area contributed by atoms with Crippen molar-refractivity contribution in [3.8, 4) is 22.0 Å². The average molecular weight is 482 g/mol. The van der Waals surface area contributed by atoms with E-state index in [0.29, 0.717) is 23.4 Å². The highest BCUT2D eigenvalue weighted by Gasteiger charge is 2.17. The quantitative estimate of drug-likeness (QED) is 0.268. The van der Waals surface area contributed by atoms with Crippen molar-refractivity contribution in [1.29, 1.82) is 0 Å². The Balaban J connectivity index is 1.42. The number of benzene rings is 1. The summed E-state index contributed by atoms with van der Waals surface area (Å²) >= 11 is 2.68. The van der Waals surface area contributed by atoms with Crippen LogP contribution in [0.3, 0.4) is 0 Å². The summed E-state index contributed by atoms with van der Waals surface area (Å²) in [6.07, 6.45) is 4.24. The third-order valence-corrected chi connectivity index (χ3v) is 6.60. The lowest BCUT2D eigenvalue weighted by molar-refractivity contribution is -0.113. The van der Waals surface area contributed by atoms with E-state index in [-0.39, 0.29) is 11.7 Å². The van der Waals surface area contributed by atoms with Gasteiger partial charge in [0.15, 0.2) is 11.0 Å². The standard InChI is InChI=1S/C22H23N7O2S2/c1-15-6-3-4-7-17(15)20-26-27-21(33-20)24-18(30)14-32-22-28-25-19(16-8-10-23-11-9-16)29(22)12-5-13-31-2/h3-4,6-11H,5,12-14H2,1-2H3,(H,24,27,30). The van der Waals surface area contributed by atoms with Crippen LogP contribution in [0.4, 0.5) is 5.13 Å². The van der Waals surface area contributed by atoms with E-state index in [1.54, 1.807) is 19.5 Å². The molecule has 0 unspecified atom stereocenters. The van der Waals surface area contributed by atoms with E-state index >= 15 is 0 Å². The molecule has 4 aromatic rings. The molecular weight excluding hydrogens is 458 g/mol. The fraction of sp³-hybridized carbons (Fsp3) is 0.273. The number of anilines is 1. The van der Waals surface area contributed by atoms with Crippen LogP contribution in [0.15, 0.2) is 53.9 Å². The fourth-order valence-corrected chi connectivity index (χ4v) is 4.77. The lowest BCUT2D eigenvalue weighted by atomic mass is 10.1. The normalized spacial score (nSPS) is 11.0. The zero-order valence-corrected chi connectivity index (χ0v) is 19.9. The maximum Gasteiger partial charge on any atom is 0.236 e. The molecule has 3 heterocycles. The Labute approximate surface area is 199 Å². The van der Waals surface area contributed by atoms with Crippen molar-refractivity contribution in [3.63, 3.8) is 0 Å². The van der Waals surface area contributed by atoms with E-state index in [9.17, 15) is 4.79 Å². The van der Waals surface area contributed by atoms with Crippen LogP contribution in [-0.2, 0) is 16.1 Å². The first-order chi connectivity index (χ1) is 16.2. The topological polar surface area (TPSA) is 108 Å². The first-order valence-corrected chi connectivity index (χ1v) is 12.1. The summed E-state index contributed by atoms with van der Waals surface area (Å²) in [5, 5.41) is 21.7. The Hall–Kier alpha value is -3.15. The monoisotopic (exact) mass is 481 g/mol. The molecule has 11 heteroatoms. The molecule has 3 aromatic heterocycles. The summed E-state index contributed by atoms with van der Waals surface area (Å²) in [5.74, 6) is 0.741. The van der Waals surface area contributed by atoms with Crippen molar-refractivity contribution in [3.05, 3.63) is 54.4 Å². The number of nitrogens with zero attached hydrogens (tertiary/aromatic N) is 6. The van der Waals surface area contributed by atoms with E-state index in [1.165, 1.54) is 23.1 Å². The summed E-state index contributed by atoms with van der Waals surface area (Å²) in [7, 11) is 1.67. The highest BCUT2D eigenvalue weighted by Crippen LogP contribution is 2.29. The predicted octanol–water partition coefficient (Wildman–Crippen LogP) is 3.93. The largest absolute Gasteiger partial charge is 0.385 e. The number of aryl methyl sites for hydroxylation is 1. The zero-order valence-electron chi connectivity index (χ0n) is 18.3. The third kappa shape index (κ3) is 5.81. The number of rotatable bonds is 10. The molecule has 0 aliphatic carbocycles. The van der Waals surface area contributed by atoms with Crippen molar-refractivity contribution in [2.45, 2.75) is 25.0 Å². The van der Waals surface area contributed by atoms with Gasteiger partial charge in [-0.15, -0.1) is 20.4 Å². The molecule has 1 amide bonds. The number of aromatic nitrogens is 6. The molecule has 0 saturated carbocycles. The lowest BCUT2D eigenvalue weighted by Gasteiger charge is -2.09. The van der Waals surface area contributed by atoms with Gasteiger partial charge in [0.2, 0.25) is 11.0 Å². The number of nitrogens with one attached hydrogen (secondary N) is 1. The molecule has 0 spiro atoms. The maximum absolute atomic E-state index is 12.6. The molecule has 0 aliphatic heterocycles. The summed E-state index contributed by atoms with van der Waals surface area (Å²) in [6.45, 7) is 3.33. The van der Waals surface area contributed by atoms with Gasteiger partial charge in [0.25, 0.3) is 0 Å². The number of carbonyl (C=O) groups is 1. The number of hydrogen-bond donors (Lipinski definition) is 1. The SMILES string of the molecule is COCCCn1c(SCC(=O)Nc2nnc(-c3ccccc3C)s2)nnc1-c1ccncc1. The highest BCUT2D eigenvalue weighted by molar-refractivity contribution is 7.99. The van der Waals surface area contributed by atoms with Gasteiger partial charge in [-0.2, -0.15) is 0 Å². The van der Waals surface area contributed by atoms with E-state index in [0.717, 1.165) is 33.9 Å². The summed E-state index contributed by atoms with van der Waals surface area (Å²) in [6, 6.07) is 11.7. The smallest absolute Gasteiger partial charge is 0.236 e.